The largest absolute Gasteiger partial charge is 0.490 e. The van der Waals surface area contributed by atoms with Crippen LogP contribution in [-0.4, -0.2) is 31.5 Å². The second kappa shape index (κ2) is 10.4. The van der Waals surface area contributed by atoms with Crippen molar-refractivity contribution in [1.29, 1.82) is 0 Å². The molecule has 0 radical (unpaired) electrons. The lowest BCUT2D eigenvalue weighted by Gasteiger charge is -2.08. The molecule has 0 atom stereocenters. The van der Waals surface area contributed by atoms with Gasteiger partial charge in [0.15, 0.2) is 11.6 Å². The van der Waals surface area contributed by atoms with Gasteiger partial charge in [0, 0.05) is 30.1 Å². The third-order valence-electron chi connectivity index (χ3n) is 3.48. The molecule has 2 amide bonds. The summed E-state index contributed by atoms with van der Waals surface area (Å²) in [5.74, 6) is -0.642. The van der Waals surface area contributed by atoms with Gasteiger partial charge in [0.05, 0.1) is 6.61 Å². The van der Waals surface area contributed by atoms with Crippen LogP contribution in [0.5, 0.6) is 5.75 Å². The van der Waals surface area contributed by atoms with Gasteiger partial charge in [-0.25, -0.2) is 4.39 Å². The number of para-hydroxylation sites is 1. The van der Waals surface area contributed by atoms with Crippen LogP contribution in [-0.2, 0) is 4.79 Å². The molecule has 26 heavy (non-hydrogen) atoms. The Labute approximate surface area is 156 Å². The summed E-state index contributed by atoms with van der Waals surface area (Å²) in [6, 6.07) is 12.7. The van der Waals surface area contributed by atoms with Gasteiger partial charge in [-0.1, -0.05) is 23.7 Å². The van der Waals surface area contributed by atoms with Crippen LogP contribution in [0.25, 0.3) is 0 Å². The van der Waals surface area contributed by atoms with Gasteiger partial charge in [0.2, 0.25) is 5.91 Å². The average molecular weight is 379 g/mol. The van der Waals surface area contributed by atoms with Gasteiger partial charge < -0.3 is 15.4 Å². The quantitative estimate of drug-likeness (QED) is 0.658. The highest BCUT2D eigenvalue weighted by Crippen LogP contribution is 2.15. The summed E-state index contributed by atoms with van der Waals surface area (Å²) in [6.07, 6.45) is 0.727. The van der Waals surface area contributed by atoms with Crippen molar-refractivity contribution < 1.29 is 18.7 Å². The number of rotatable bonds is 9. The molecule has 138 valence electrons. The first-order chi connectivity index (χ1) is 12.6. The molecule has 0 fully saturated rings. The molecule has 0 spiro atoms. The van der Waals surface area contributed by atoms with Crippen molar-refractivity contribution in [1.82, 2.24) is 10.6 Å². The highest BCUT2D eigenvalue weighted by atomic mass is 35.5. The van der Waals surface area contributed by atoms with E-state index >= 15 is 0 Å². The van der Waals surface area contributed by atoms with Crippen molar-refractivity contribution in [2.45, 2.75) is 12.8 Å². The number of benzene rings is 2. The molecule has 0 aliphatic heterocycles. The Bertz CT molecular complexity index is 738. The molecule has 2 aromatic carbocycles. The third-order valence-corrected chi connectivity index (χ3v) is 3.73. The van der Waals surface area contributed by atoms with Gasteiger partial charge in [-0.2, -0.15) is 0 Å². The maximum absolute atomic E-state index is 13.3. The van der Waals surface area contributed by atoms with E-state index in [-0.39, 0.29) is 30.5 Å². The molecule has 2 N–H and O–H groups in total. The topological polar surface area (TPSA) is 67.4 Å². The zero-order valence-corrected chi connectivity index (χ0v) is 14.9. The maximum Gasteiger partial charge on any atom is 0.251 e. The van der Waals surface area contributed by atoms with Crippen LogP contribution >= 0.6 is 11.6 Å². The summed E-state index contributed by atoms with van der Waals surface area (Å²) in [5, 5.41) is 5.95. The molecule has 0 saturated heterocycles. The Morgan fingerprint density at radius 1 is 1.00 bits per heavy atom. The Kier molecular flexibility index (Phi) is 7.89. The van der Waals surface area contributed by atoms with E-state index in [9.17, 15) is 14.0 Å². The monoisotopic (exact) mass is 378 g/mol. The van der Waals surface area contributed by atoms with Crippen LogP contribution in [0.2, 0.25) is 5.02 Å². The van der Waals surface area contributed by atoms with Gasteiger partial charge in [-0.15, -0.1) is 0 Å². The van der Waals surface area contributed by atoms with E-state index in [0.29, 0.717) is 30.2 Å². The molecule has 2 rings (SSSR count). The summed E-state index contributed by atoms with van der Waals surface area (Å²) in [6.45, 7) is 0.950. The summed E-state index contributed by atoms with van der Waals surface area (Å²) in [5.41, 5.74) is 0.486. The zero-order valence-electron chi connectivity index (χ0n) is 14.1. The second-order valence-electron chi connectivity index (χ2n) is 5.50. The van der Waals surface area contributed by atoms with E-state index < -0.39 is 5.82 Å². The first-order valence-electron chi connectivity index (χ1n) is 8.24. The SMILES string of the molecule is O=C(CCNC(=O)c1ccc(Cl)cc1)NCCCOc1ccccc1F. The first-order valence-corrected chi connectivity index (χ1v) is 8.62. The molecular weight excluding hydrogens is 359 g/mol. The predicted octanol–water partition coefficient (Wildman–Crippen LogP) is 3.18. The highest BCUT2D eigenvalue weighted by Gasteiger charge is 2.06. The van der Waals surface area contributed by atoms with E-state index in [2.05, 4.69) is 10.6 Å². The number of carbonyl (C=O) groups is 2. The number of hydrogen-bond donors (Lipinski definition) is 2. The minimum atomic E-state index is -0.409. The van der Waals surface area contributed by atoms with Gasteiger partial charge in [0.1, 0.15) is 0 Å². The van der Waals surface area contributed by atoms with Crippen LogP contribution in [0.1, 0.15) is 23.2 Å². The molecule has 0 unspecified atom stereocenters. The molecule has 0 aromatic heterocycles. The standard InChI is InChI=1S/C19H20ClFN2O3/c20-15-8-6-14(7-9-15)19(25)23-12-10-18(24)22-11-3-13-26-17-5-2-1-4-16(17)21/h1-2,4-9H,3,10-13H2,(H,22,24)(H,23,25). The minimum absolute atomic E-state index is 0.174. The van der Waals surface area contributed by atoms with Gasteiger partial charge in [-0.3, -0.25) is 9.59 Å². The van der Waals surface area contributed by atoms with E-state index in [1.54, 1.807) is 42.5 Å². The van der Waals surface area contributed by atoms with Crippen LogP contribution in [0.15, 0.2) is 48.5 Å². The summed E-state index contributed by atoms with van der Waals surface area (Å²) in [7, 11) is 0. The van der Waals surface area contributed by atoms with Crippen LogP contribution in [0.3, 0.4) is 0 Å². The number of carbonyl (C=O) groups excluding carboxylic acids is 2. The smallest absolute Gasteiger partial charge is 0.251 e. The fourth-order valence-electron chi connectivity index (χ4n) is 2.13. The van der Waals surface area contributed by atoms with Crippen LogP contribution in [0.4, 0.5) is 4.39 Å². The van der Waals surface area contributed by atoms with Crippen LogP contribution < -0.4 is 15.4 Å². The van der Waals surface area contributed by atoms with E-state index in [1.807, 2.05) is 0 Å². The molecule has 5 nitrogen and oxygen atoms in total. The Morgan fingerprint density at radius 2 is 1.73 bits per heavy atom. The Morgan fingerprint density at radius 3 is 2.46 bits per heavy atom. The lowest BCUT2D eigenvalue weighted by atomic mass is 10.2. The van der Waals surface area contributed by atoms with Gasteiger partial charge in [-0.05, 0) is 42.8 Å². The molecule has 2 aromatic rings. The van der Waals surface area contributed by atoms with E-state index in [1.165, 1.54) is 6.07 Å². The normalized spacial score (nSPS) is 10.2. The Hall–Kier alpha value is -2.60. The van der Waals surface area contributed by atoms with Crippen molar-refractivity contribution in [3.05, 3.63) is 64.9 Å². The second-order valence-corrected chi connectivity index (χ2v) is 5.93. The van der Waals surface area contributed by atoms with Crippen molar-refractivity contribution in [3.8, 4) is 5.75 Å². The zero-order chi connectivity index (χ0) is 18.8. The molecule has 7 heteroatoms. The lowest BCUT2D eigenvalue weighted by molar-refractivity contribution is -0.120. The fourth-order valence-corrected chi connectivity index (χ4v) is 2.25. The minimum Gasteiger partial charge on any atom is -0.490 e. The highest BCUT2D eigenvalue weighted by molar-refractivity contribution is 6.30. The number of halogens is 2. The van der Waals surface area contributed by atoms with Gasteiger partial charge in [0.25, 0.3) is 5.91 Å². The number of nitrogens with one attached hydrogen (secondary N) is 2. The molecule has 0 heterocycles. The maximum atomic E-state index is 13.3. The van der Waals surface area contributed by atoms with E-state index in [0.717, 1.165) is 0 Å². The molecular formula is C19H20ClFN2O3. The van der Waals surface area contributed by atoms with Gasteiger partial charge >= 0.3 is 0 Å². The number of amides is 2. The molecule has 0 aliphatic carbocycles. The molecule has 0 aliphatic rings. The number of hydrogen-bond acceptors (Lipinski definition) is 3. The molecule has 0 saturated carbocycles. The lowest BCUT2D eigenvalue weighted by Crippen LogP contribution is -2.31. The average Bonchev–Trinajstić information content (AvgIpc) is 2.63. The van der Waals surface area contributed by atoms with Crippen molar-refractivity contribution in [2.75, 3.05) is 19.7 Å². The van der Waals surface area contributed by atoms with Crippen molar-refractivity contribution >= 4 is 23.4 Å². The van der Waals surface area contributed by atoms with Crippen molar-refractivity contribution in [2.24, 2.45) is 0 Å². The third kappa shape index (κ3) is 6.72. The van der Waals surface area contributed by atoms with Crippen LogP contribution in [0, 0.1) is 5.82 Å². The molecule has 0 bridgehead atoms. The Balaban J connectivity index is 1.55. The summed E-state index contributed by atoms with van der Waals surface area (Å²) < 4.78 is 18.6. The van der Waals surface area contributed by atoms with E-state index in [4.69, 9.17) is 16.3 Å². The summed E-state index contributed by atoms with van der Waals surface area (Å²) in [4.78, 5) is 23.6. The summed E-state index contributed by atoms with van der Waals surface area (Å²) >= 11 is 5.76. The van der Waals surface area contributed by atoms with Crippen molar-refractivity contribution in [3.63, 3.8) is 0 Å². The number of ether oxygens (including phenoxy) is 1. The predicted molar refractivity (Wildman–Crippen MR) is 97.9 cm³/mol. The first kappa shape index (κ1) is 19.7. The fraction of sp³-hybridized carbons (Fsp3) is 0.263.